The second-order valence-corrected chi connectivity index (χ2v) is 8.63. The fourth-order valence-corrected chi connectivity index (χ4v) is 7.00. The van der Waals surface area contributed by atoms with Crippen molar-refractivity contribution >= 4 is 0 Å². The third kappa shape index (κ3) is 2.46. The molecule has 0 heterocycles. The molecule has 4 aliphatic carbocycles. The largest absolute Gasteiger partial charge is 0.0533 e. The first-order valence-electron chi connectivity index (χ1n) is 9.93. The average molecular weight is 274 g/mol. The average Bonchev–Trinajstić information content (AvgIpc) is 2.53. The Balaban J connectivity index is 1.58. The van der Waals surface area contributed by atoms with Crippen LogP contribution >= 0.6 is 0 Å². The number of rotatable bonds is 1. The van der Waals surface area contributed by atoms with Crippen molar-refractivity contribution in [1.82, 2.24) is 0 Å². The molecule has 0 heteroatoms. The van der Waals surface area contributed by atoms with Gasteiger partial charge in [0.05, 0.1) is 0 Å². The van der Waals surface area contributed by atoms with E-state index in [4.69, 9.17) is 0 Å². The van der Waals surface area contributed by atoms with Crippen LogP contribution in [0, 0.1) is 35.5 Å². The Hall–Kier alpha value is 0. The molecule has 0 aromatic heterocycles. The fraction of sp³-hybridized carbons (Fsp3) is 1.00. The number of hydrogen-bond acceptors (Lipinski definition) is 0. The molecule has 114 valence electrons. The second-order valence-electron chi connectivity index (χ2n) is 8.63. The molecular weight excluding hydrogens is 240 g/mol. The van der Waals surface area contributed by atoms with Crippen LogP contribution in [-0.4, -0.2) is 0 Å². The van der Waals surface area contributed by atoms with Gasteiger partial charge in [-0.3, -0.25) is 0 Å². The summed E-state index contributed by atoms with van der Waals surface area (Å²) in [5, 5.41) is 0. The van der Waals surface area contributed by atoms with Crippen molar-refractivity contribution in [2.45, 2.75) is 89.9 Å². The molecule has 20 heavy (non-hydrogen) atoms. The highest BCUT2D eigenvalue weighted by atomic mass is 14.5. The highest BCUT2D eigenvalue weighted by Gasteiger charge is 2.48. The van der Waals surface area contributed by atoms with Gasteiger partial charge < -0.3 is 0 Å². The molecule has 0 saturated heterocycles. The normalized spacial score (nSPS) is 46.5. The lowest BCUT2D eigenvalue weighted by Crippen LogP contribution is -2.46. The van der Waals surface area contributed by atoms with Crippen molar-refractivity contribution in [3.05, 3.63) is 0 Å². The minimum absolute atomic E-state index is 1.14. The topological polar surface area (TPSA) is 0 Å². The van der Waals surface area contributed by atoms with Crippen molar-refractivity contribution in [3.63, 3.8) is 0 Å². The van der Waals surface area contributed by atoms with Gasteiger partial charge in [0.25, 0.3) is 0 Å². The van der Waals surface area contributed by atoms with Gasteiger partial charge >= 0.3 is 0 Å². The Morgan fingerprint density at radius 2 is 0.850 bits per heavy atom. The lowest BCUT2D eigenvalue weighted by atomic mass is 9.51. The maximum absolute atomic E-state index is 1.64. The van der Waals surface area contributed by atoms with E-state index in [9.17, 15) is 0 Å². The number of hydrogen-bond donors (Lipinski definition) is 0. The number of fused-ring (bicyclic) bond motifs is 2. The van der Waals surface area contributed by atoms with Crippen LogP contribution in [0.2, 0.25) is 0 Å². The molecule has 0 aliphatic heterocycles. The van der Waals surface area contributed by atoms with E-state index < -0.39 is 0 Å². The minimum atomic E-state index is 1.14. The van der Waals surface area contributed by atoms with Crippen LogP contribution < -0.4 is 0 Å². The summed E-state index contributed by atoms with van der Waals surface area (Å²) >= 11 is 0. The summed E-state index contributed by atoms with van der Waals surface area (Å²) in [7, 11) is 0. The molecule has 4 saturated carbocycles. The zero-order chi connectivity index (χ0) is 13.4. The molecule has 4 aliphatic rings. The lowest BCUT2D eigenvalue weighted by Gasteiger charge is -2.54. The van der Waals surface area contributed by atoms with Gasteiger partial charge in [0.1, 0.15) is 0 Å². The van der Waals surface area contributed by atoms with Gasteiger partial charge in [0.15, 0.2) is 0 Å². The van der Waals surface area contributed by atoms with Crippen LogP contribution in [0.3, 0.4) is 0 Å². The van der Waals surface area contributed by atoms with Crippen LogP contribution in [0.25, 0.3) is 0 Å². The molecule has 0 radical (unpaired) electrons. The van der Waals surface area contributed by atoms with E-state index >= 15 is 0 Å². The third-order valence-corrected chi connectivity index (χ3v) is 7.72. The molecule has 4 atom stereocenters. The van der Waals surface area contributed by atoms with Gasteiger partial charge in [-0.25, -0.2) is 0 Å². The van der Waals surface area contributed by atoms with E-state index in [0.717, 1.165) is 29.6 Å². The standard InChI is InChI=1S/C20H34/c1-2-8-15(9-3-1)20-18-12-6-4-10-16(18)14-17-11-5-7-13-19(17)20/h15-20H,1-14H2. The van der Waals surface area contributed by atoms with E-state index in [1.54, 1.807) is 83.5 Å². The fourth-order valence-electron chi connectivity index (χ4n) is 7.00. The summed E-state index contributed by atoms with van der Waals surface area (Å²) in [6.07, 6.45) is 22.1. The summed E-state index contributed by atoms with van der Waals surface area (Å²) in [4.78, 5) is 0. The van der Waals surface area contributed by atoms with E-state index in [1.807, 2.05) is 0 Å². The smallest absolute Gasteiger partial charge is 0.0324 e. The highest BCUT2D eigenvalue weighted by molar-refractivity contribution is 4.97. The van der Waals surface area contributed by atoms with E-state index in [-0.39, 0.29) is 0 Å². The lowest BCUT2D eigenvalue weighted by molar-refractivity contribution is -0.0479. The molecule has 0 amide bonds. The maximum atomic E-state index is 1.64. The van der Waals surface area contributed by atoms with Crippen LogP contribution in [0.5, 0.6) is 0 Å². The summed E-state index contributed by atoms with van der Waals surface area (Å²) in [5.41, 5.74) is 0. The van der Waals surface area contributed by atoms with Crippen LogP contribution in [0.1, 0.15) is 89.9 Å². The maximum Gasteiger partial charge on any atom is -0.0324 e. The van der Waals surface area contributed by atoms with E-state index in [0.29, 0.717) is 0 Å². The molecule has 0 aromatic carbocycles. The Bertz CT molecular complexity index is 292. The molecule has 0 bridgehead atoms. The molecule has 4 fully saturated rings. The molecular formula is C20H34. The monoisotopic (exact) mass is 274 g/mol. The Kier molecular flexibility index (Phi) is 4.10. The van der Waals surface area contributed by atoms with Gasteiger partial charge in [-0.15, -0.1) is 0 Å². The van der Waals surface area contributed by atoms with Gasteiger partial charge in [-0.1, -0.05) is 70.6 Å². The zero-order valence-corrected chi connectivity index (χ0v) is 13.4. The van der Waals surface area contributed by atoms with Crippen molar-refractivity contribution in [2.24, 2.45) is 35.5 Å². The molecule has 4 rings (SSSR count). The highest BCUT2D eigenvalue weighted by Crippen LogP contribution is 2.57. The van der Waals surface area contributed by atoms with Gasteiger partial charge in [0.2, 0.25) is 0 Å². The zero-order valence-electron chi connectivity index (χ0n) is 13.4. The minimum Gasteiger partial charge on any atom is -0.0533 e. The molecule has 4 unspecified atom stereocenters. The van der Waals surface area contributed by atoms with Gasteiger partial charge in [0, 0.05) is 0 Å². The van der Waals surface area contributed by atoms with E-state index in [1.165, 1.54) is 12.3 Å². The SMILES string of the molecule is C1CCC(C2C3CCCCC3CC3CCCCC32)CC1. The van der Waals surface area contributed by atoms with Gasteiger partial charge in [-0.05, 0) is 54.8 Å². The van der Waals surface area contributed by atoms with Crippen molar-refractivity contribution in [2.75, 3.05) is 0 Å². The first kappa shape index (κ1) is 13.6. The quantitative estimate of drug-likeness (QED) is 0.534. The Morgan fingerprint density at radius 1 is 0.400 bits per heavy atom. The van der Waals surface area contributed by atoms with E-state index in [2.05, 4.69) is 0 Å². The second kappa shape index (κ2) is 6.01. The molecule has 0 spiro atoms. The van der Waals surface area contributed by atoms with Crippen molar-refractivity contribution in [3.8, 4) is 0 Å². The summed E-state index contributed by atoms with van der Waals surface area (Å²) in [6.45, 7) is 0. The Labute approximate surface area is 126 Å². The summed E-state index contributed by atoms with van der Waals surface area (Å²) in [6, 6.07) is 0. The molecule has 0 N–H and O–H groups in total. The molecule has 0 nitrogen and oxygen atoms in total. The summed E-state index contributed by atoms with van der Waals surface area (Å²) in [5.74, 6) is 6.92. The predicted octanol–water partition coefficient (Wildman–Crippen LogP) is 6.20. The first-order chi connectivity index (χ1) is 9.93. The van der Waals surface area contributed by atoms with Crippen LogP contribution in [-0.2, 0) is 0 Å². The van der Waals surface area contributed by atoms with Crippen LogP contribution in [0.15, 0.2) is 0 Å². The van der Waals surface area contributed by atoms with Crippen LogP contribution in [0.4, 0.5) is 0 Å². The Morgan fingerprint density at radius 3 is 1.45 bits per heavy atom. The predicted molar refractivity (Wildman–Crippen MR) is 85.6 cm³/mol. The third-order valence-electron chi connectivity index (χ3n) is 7.72. The molecule has 0 aromatic rings. The first-order valence-corrected chi connectivity index (χ1v) is 9.93. The summed E-state index contributed by atoms with van der Waals surface area (Å²) < 4.78 is 0. The van der Waals surface area contributed by atoms with Crippen molar-refractivity contribution < 1.29 is 0 Å². The van der Waals surface area contributed by atoms with Gasteiger partial charge in [-0.2, -0.15) is 0 Å². The van der Waals surface area contributed by atoms with Crippen molar-refractivity contribution in [1.29, 1.82) is 0 Å².